The van der Waals surface area contributed by atoms with Gasteiger partial charge in [0.05, 0.1) is 10.7 Å². The van der Waals surface area contributed by atoms with E-state index in [1.54, 1.807) is 32.3 Å². The van der Waals surface area contributed by atoms with E-state index in [4.69, 9.17) is 11.6 Å². The minimum absolute atomic E-state index is 0.0499. The van der Waals surface area contributed by atoms with Crippen molar-refractivity contribution in [2.75, 3.05) is 23.6 Å². The number of hydrogen-bond donors (Lipinski definition) is 2. The highest BCUT2D eigenvalue weighted by atomic mass is 35.5. The molecule has 5 rings (SSSR count). The number of nitrogens with zero attached hydrogens (tertiary/aromatic N) is 4. The maximum Gasteiger partial charge on any atom is 0.263 e. The van der Waals surface area contributed by atoms with E-state index in [-0.39, 0.29) is 15.6 Å². The summed E-state index contributed by atoms with van der Waals surface area (Å²) in [6.45, 7) is 3.16. The van der Waals surface area contributed by atoms with E-state index in [2.05, 4.69) is 25.0 Å². The van der Waals surface area contributed by atoms with Crippen LogP contribution >= 0.6 is 11.6 Å². The summed E-state index contributed by atoms with van der Waals surface area (Å²) in [7, 11) is -2.47. The van der Waals surface area contributed by atoms with Gasteiger partial charge < -0.3 is 9.88 Å². The molecule has 2 aromatic carbocycles. The number of halogens is 2. The SMILES string of the molecule is CN=c1ncc2cc(-c3cc(NS(=O)(=O)c4ccccc4Cl)c(F)cc3C)c3n(c-2n1)CCN3. The Morgan fingerprint density at radius 1 is 1.21 bits per heavy atom. The molecule has 11 heteroatoms. The first-order valence-electron chi connectivity index (χ1n) is 10.4. The van der Waals surface area contributed by atoms with E-state index in [0.29, 0.717) is 29.8 Å². The molecule has 174 valence electrons. The lowest BCUT2D eigenvalue weighted by Crippen LogP contribution is -2.17. The molecule has 0 saturated carbocycles. The number of pyridine rings is 1. The number of benzene rings is 2. The van der Waals surface area contributed by atoms with Crippen molar-refractivity contribution in [3.63, 3.8) is 0 Å². The minimum Gasteiger partial charge on any atom is -0.369 e. The van der Waals surface area contributed by atoms with Crippen molar-refractivity contribution in [1.82, 2.24) is 14.5 Å². The zero-order valence-corrected chi connectivity index (χ0v) is 19.9. The molecule has 0 saturated heterocycles. The van der Waals surface area contributed by atoms with Gasteiger partial charge in [0.25, 0.3) is 10.0 Å². The maximum atomic E-state index is 14.9. The van der Waals surface area contributed by atoms with Gasteiger partial charge in [-0.1, -0.05) is 23.7 Å². The first-order valence-corrected chi connectivity index (χ1v) is 12.3. The summed E-state index contributed by atoms with van der Waals surface area (Å²) in [6.07, 6.45) is 1.69. The molecule has 0 radical (unpaired) electrons. The Kier molecular flexibility index (Phi) is 5.49. The van der Waals surface area contributed by atoms with Gasteiger partial charge in [-0.15, -0.1) is 0 Å². The molecule has 0 atom stereocenters. The van der Waals surface area contributed by atoms with E-state index >= 15 is 0 Å². The van der Waals surface area contributed by atoms with Crippen LogP contribution in [0.1, 0.15) is 5.56 Å². The van der Waals surface area contributed by atoms with Crippen LogP contribution in [0.5, 0.6) is 0 Å². The standard InChI is InChI=1S/C23H20ClFN6O2S/c1-13-9-18(25)19(30-34(32,33)20-6-4-3-5-17(20)24)11-15(13)16-10-14-12-28-23(26-2)29-21(14)31-8-7-27-22(16)31/h3-6,9-12,27,30H,7-8H2,1-2H3. The fourth-order valence-corrected chi connectivity index (χ4v) is 5.66. The molecule has 34 heavy (non-hydrogen) atoms. The van der Waals surface area contributed by atoms with E-state index in [1.807, 2.05) is 10.6 Å². The van der Waals surface area contributed by atoms with Crippen LogP contribution in [0.25, 0.3) is 22.5 Å². The summed E-state index contributed by atoms with van der Waals surface area (Å²) in [4.78, 5) is 12.7. The molecular formula is C23H20ClFN6O2S. The van der Waals surface area contributed by atoms with Crippen LogP contribution in [0.4, 0.5) is 15.9 Å². The van der Waals surface area contributed by atoms with Crippen molar-refractivity contribution in [3.8, 4) is 22.5 Å². The predicted octanol–water partition coefficient (Wildman–Crippen LogP) is 3.91. The predicted molar refractivity (Wildman–Crippen MR) is 129 cm³/mol. The van der Waals surface area contributed by atoms with Crippen LogP contribution in [0.3, 0.4) is 0 Å². The van der Waals surface area contributed by atoms with Gasteiger partial charge in [0.1, 0.15) is 22.4 Å². The lowest BCUT2D eigenvalue weighted by molar-refractivity contribution is 0.598. The second kappa shape index (κ2) is 8.37. The number of aryl methyl sites for hydroxylation is 1. The number of rotatable bonds is 4. The number of nitrogens with one attached hydrogen (secondary N) is 2. The highest BCUT2D eigenvalue weighted by Crippen LogP contribution is 2.39. The van der Waals surface area contributed by atoms with Gasteiger partial charge in [0.15, 0.2) is 0 Å². The molecule has 0 aliphatic carbocycles. The summed E-state index contributed by atoms with van der Waals surface area (Å²) in [5.41, 5.74) is 3.10. The van der Waals surface area contributed by atoms with Crippen LogP contribution in [0.15, 0.2) is 58.5 Å². The number of anilines is 2. The van der Waals surface area contributed by atoms with Crippen molar-refractivity contribution in [2.24, 2.45) is 4.99 Å². The third-order valence-corrected chi connectivity index (χ3v) is 7.53. The van der Waals surface area contributed by atoms with Crippen LogP contribution in [0.2, 0.25) is 5.02 Å². The van der Waals surface area contributed by atoms with E-state index in [1.165, 1.54) is 24.3 Å². The minimum atomic E-state index is -4.11. The van der Waals surface area contributed by atoms with E-state index in [0.717, 1.165) is 22.8 Å². The summed E-state index contributed by atoms with van der Waals surface area (Å²) in [6, 6.07) is 10.7. The highest BCUT2D eigenvalue weighted by molar-refractivity contribution is 7.92. The average Bonchev–Trinajstić information content (AvgIpc) is 3.31. The fraction of sp³-hybridized carbons (Fsp3) is 0.174. The second-order valence-electron chi connectivity index (χ2n) is 7.84. The van der Waals surface area contributed by atoms with E-state index in [9.17, 15) is 12.8 Å². The Balaban J connectivity index is 1.66. The summed E-state index contributed by atoms with van der Waals surface area (Å²) in [5.74, 6) is 0.856. The number of sulfonamides is 1. The molecule has 3 heterocycles. The third kappa shape index (κ3) is 3.78. The molecule has 0 spiro atoms. The Labute approximate surface area is 200 Å². The van der Waals surface area contributed by atoms with Crippen molar-refractivity contribution in [2.45, 2.75) is 18.4 Å². The van der Waals surface area contributed by atoms with Gasteiger partial charge in [0, 0.05) is 37.5 Å². The summed E-state index contributed by atoms with van der Waals surface area (Å²) < 4.78 is 45.1. The largest absolute Gasteiger partial charge is 0.369 e. The lowest BCUT2D eigenvalue weighted by Gasteiger charge is -2.19. The number of aromatic nitrogens is 3. The molecule has 3 aliphatic heterocycles. The first-order chi connectivity index (χ1) is 16.3. The zero-order chi connectivity index (χ0) is 24.0. The quantitative estimate of drug-likeness (QED) is 0.444. The zero-order valence-electron chi connectivity index (χ0n) is 18.3. The van der Waals surface area contributed by atoms with Crippen molar-refractivity contribution < 1.29 is 12.8 Å². The fourth-order valence-electron chi connectivity index (χ4n) is 4.08. The molecule has 2 N–H and O–H groups in total. The first kappa shape index (κ1) is 22.3. The Bertz CT molecular complexity index is 1590. The van der Waals surface area contributed by atoms with Crippen LogP contribution in [0, 0.1) is 12.7 Å². The number of fused-ring (bicyclic) bond motifs is 3. The Morgan fingerprint density at radius 2 is 2.00 bits per heavy atom. The monoisotopic (exact) mass is 498 g/mol. The van der Waals surface area contributed by atoms with Gasteiger partial charge in [-0.2, -0.15) is 4.98 Å². The Morgan fingerprint density at radius 3 is 2.76 bits per heavy atom. The Hall–Kier alpha value is -3.50. The highest BCUT2D eigenvalue weighted by Gasteiger charge is 2.25. The van der Waals surface area contributed by atoms with Gasteiger partial charge in [-0.3, -0.25) is 9.71 Å². The molecular weight excluding hydrogens is 479 g/mol. The van der Waals surface area contributed by atoms with Crippen LogP contribution < -0.4 is 15.7 Å². The molecule has 0 bridgehead atoms. The number of hydrogen-bond acceptors (Lipinski definition) is 6. The van der Waals surface area contributed by atoms with Gasteiger partial charge in [-0.25, -0.2) is 17.8 Å². The summed E-state index contributed by atoms with van der Waals surface area (Å²) >= 11 is 6.07. The average molecular weight is 499 g/mol. The molecule has 0 unspecified atom stereocenters. The van der Waals surface area contributed by atoms with Crippen molar-refractivity contribution in [1.29, 1.82) is 0 Å². The summed E-state index contributed by atoms with van der Waals surface area (Å²) in [5, 5.41) is 3.41. The normalized spacial score (nSPS) is 13.7. The molecule has 8 nitrogen and oxygen atoms in total. The van der Waals surface area contributed by atoms with Gasteiger partial charge >= 0.3 is 0 Å². The van der Waals surface area contributed by atoms with Crippen LogP contribution in [-0.2, 0) is 16.6 Å². The molecule has 2 aromatic rings. The second-order valence-corrected chi connectivity index (χ2v) is 9.90. The molecule has 0 amide bonds. The van der Waals surface area contributed by atoms with Gasteiger partial charge in [-0.05, 0) is 48.4 Å². The maximum absolute atomic E-state index is 14.9. The molecule has 0 aromatic heterocycles. The lowest BCUT2D eigenvalue weighted by atomic mass is 9.98. The molecule has 0 fully saturated rings. The topological polar surface area (TPSA) is 101 Å². The van der Waals surface area contributed by atoms with E-state index < -0.39 is 15.8 Å². The van der Waals surface area contributed by atoms with Crippen molar-refractivity contribution in [3.05, 3.63) is 70.7 Å². The van der Waals surface area contributed by atoms with Crippen molar-refractivity contribution >= 4 is 33.1 Å². The smallest absolute Gasteiger partial charge is 0.263 e. The third-order valence-electron chi connectivity index (χ3n) is 5.67. The van der Waals surface area contributed by atoms with Gasteiger partial charge in [0.2, 0.25) is 5.62 Å². The van der Waals surface area contributed by atoms with Crippen LogP contribution in [-0.4, -0.2) is 36.5 Å². The molecule has 3 aliphatic rings.